The first-order valence-corrected chi connectivity index (χ1v) is 12.7. The summed E-state index contributed by atoms with van der Waals surface area (Å²) in [6.07, 6.45) is -2.32. The van der Waals surface area contributed by atoms with Crippen molar-refractivity contribution >= 4 is 21.7 Å². The van der Waals surface area contributed by atoms with Crippen LogP contribution in [0.15, 0.2) is 59.6 Å². The van der Waals surface area contributed by atoms with Crippen LogP contribution in [0.5, 0.6) is 0 Å². The Balaban J connectivity index is 1.48. The molecule has 1 aromatic carbocycles. The predicted octanol–water partition coefficient (Wildman–Crippen LogP) is 3.81. The molecule has 0 spiro atoms. The Hall–Kier alpha value is -3.58. The topological polar surface area (TPSA) is 104 Å². The standard InChI is InChI=1S/C24H23F4N5O3S/c1-29-22-18(8-9-21(32-22)24(26,27)28)19-13-15(10-11-30-19)14-31-23(34)20-3-2-12-33(20)37(35,36)17-6-4-16(25)5-7-17/h4-11,13,20H,2-3,12,14H2,1H3,(H,29,32)(H,31,34). The molecule has 0 bridgehead atoms. The third kappa shape index (κ3) is 5.72. The minimum atomic E-state index is -4.60. The van der Waals surface area contributed by atoms with E-state index in [4.69, 9.17) is 0 Å². The van der Waals surface area contributed by atoms with Gasteiger partial charge >= 0.3 is 6.18 Å². The molecule has 2 N–H and O–H groups in total. The van der Waals surface area contributed by atoms with E-state index in [1.807, 2.05) is 0 Å². The third-order valence-electron chi connectivity index (χ3n) is 5.92. The van der Waals surface area contributed by atoms with Gasteiger partial charge in [-0.3, -0.25) is 9.78 Å². The van der Waals surface area contributed by atoms with E-state index in [0.29, 0.717) is 29.7 Å². The first-order chi connectivity index (χ1) is 17.5. The van der Waals surface area contributed by atoms with Crippen molar-refractivity contribution in [2.75, 3.05) is 18.9 Å². The van der Waals surface area contributed by atoms with Gasteiger partial charge in [0.15, 0.2) is 0 Å². The molecule has 13 heteroatoms. The second-order valence-corrected chi connectivity index (χ2v) is 10.2. The van der Waals surface area contributed by atoms with E-state index >= 15 is 0 Å². The Morgan fingerprint density at radius 1 is 1.14 bits per heavy atom. The summed E-state index contributed by atoms with van der Waals surface area (Å²) in [6.45, 7) is 0.198. The van der Waals surface area contributed by atoms with Gasteiger partial charge in [0.2, 0.25) is 15.9 Å². The van der Waals surface area contributed by atoms with Crippen molar-refractivity contribution in [3.8, 4) is 11.3 Å². The zero-order valence-electron chi connectivity index (χ0n) is 19.6. The largest absolute Gasteiger partial charge is 0.433 e. The number of aromatic nitrogens is 2. The van der Waals surface area contributed by atoms with Gasteiger partial charge < -0.3 is 10.6 Å². The number of alkyl halides is 3. The molecule has 1 saturated heterocycles. The lowest BCUT2D eigenvalue weighted by Crippen LogP contribution is -2.45. The van der Waals surface area contributed by atoms with Crippen molar-refractivity contribution in [3.63, 3.8) is 0 Å². The van der Waals surface area contributed by atoms with E-state index in [1.54, 1.807) is 12.1 Å². The van der Waals surface area contributed by atoms with E-state index < -0.39 is 39.7 Å². The Morgan fingerprint density at radius 3 is 2.54 bits per heavy atom. The molecule has 1 atom stereocenters. The Kier molecular flexibility index (Phi) is 7.46. The van der Waals surface area contributed by atoms with Crippen LogP contribution in [0.1, 0.15) is 24.1 Å². The summed E-state index contributed by atoms with van der Waals surface area (Å²) in [7, 11) is -2.55. The molecule has 196 valence electrons. The summed E-state index contributed by atoms with van der Waals surface area (Å²) in [5, 5.41) is 5.37. The quantitative estimate of drug-likeness (QED) is 0.445. The zero-order chi connectivity index (χ0) is 26.8. The number of carbonyl (C=O) groups excluding carboxylic acids is 1. The number of nitrogens with zero attached hydrogens (tertiary/aromatic N) is 3. The van der Waals surface area contributed by atoms with Crippen molar-refractivity contribution in [2.24, 2.45) is 0 Å². The van der Waals surface area contributed by atoms with Gasteiger partial charge in [0, 0.05) is 31.9 Å². The summed E-state index contributed by atoms with van der Waals surface area (Å²) < 4.78 is 79.4. The maximum atomic E-state index is 13.2. The molecule has 1 amide bonds. The SMILES string of the molecule is CNc1nc(C(F)(F)F)ccc1-c1cc(CNC(=O)C2CCCN2S(=O)(=O)c2ccc(F)cc2)ccn1. The molecule has 37 heavy (non-hydrogen) atoms. The number of nitrogens with one attached hydrogen (secondary N) is 2. The Labute approximate surface area is 210 Å². The van der Waals surface area contributed by atoms with Gasteiger partial charge in [-0.1, -0.05) is 0 Å². The highest BCUT2D eigenvalue weighted by molar-refractivity contribution is 7.89. The van der Waals surface area contributed by atoms with Crippen LogP contribution < -0.4 is 10.6 Å². The number of benzene rings is 1. The van der Waals surface area contributed by atoms with Crippen LogP contribution in [0.25, 0.3) is 11.3 Å². The van der Waals surface area contributed by atoms with Crippen molar-refractivity contribution in [2.45, 2.75) is 36.5 Å². The lowest BCUT2D eigenvalue weighted by atomic mass is 10.1. The zero-order valence-corrected chi connectivity index (χ0v) is 20.4. The number of anilines is 1. The lowest BCUT2D eigenvalue weighted by molar-refractivity contribution is -0.141. The number of hydrogen-bond donors (Lipinski definition) is 2. The molecular weight excluding hydrogens is 514 g/mol. The van der Waals surface area contributed by atoms with Crippen LogP contribution >= 0.6 is 0 Å². The number of carbonyl (C=O) groups is 1. The number of pyridine rings is 2. The normalized spacial score (nSPS) is 16.5. The lowest BCUT2D eigenvalue weighted by Gasteiger charge is -2.23. The third-order valence-corrected chi connectivity index (χ3v) is 7.84. The molecule has 1 unspecified atom stereocenters. The summed E-state index contributed by atoms with van der Waals surface area (Å²) in [4.78, 5) is 20.7. The highest BCUT2D eigenvalue weighted by Crippen LogP contribution is 2.33. The molecule has 2 aromatic heterocycles. The molecule has 3 heterocycles. The molecule has 1 aliphatic heterocycles. The summed E-state index contributed by atoms with van der Waals surface area (Å²) in [6, 6.07) is 8.85. The smallest absolute Gasteiger partial charge is 0.373 e. The van der Waals surface area contributed by atoms with Crippen molar-refractivity contribution in [1.82, 2.24) is 19.6 Å². The molecule has 1 aliphatic rings. The van der Waals surface area contributed by atoms with Gasteiger partial charge in [0.05, 0.1) is 10.6 Å². The second kappa shape index (κ2) is 10.4. The van der Waals surface area contributed by atoms with Gasteiger partial charge in [0.1, 0.15) is 23.4 Å². The number of amides is 1. The first-order valence-electron chi connectivity index (χ1n) is 11.3. The molecule has 0 radical (unpaired) electrons. The van der Waals surface area contributed by atoms with Crippen LogP contribution in [0.4, 0.5) is 23.4 Å². The highest BCUT2D eigenvalue weighted by Gasteiger charge is 2.39. The van der Waals surface area contributed by atoms with Crippen LogP contribution in [0.2, 0.25) is 0 Å². The summed E-state index contributed by atoms with van der Waals surface area (Å²) >= 11 is 0. The van der Waals surface area contributed by atoms with E-state index in [0.717, 1.165) is 34.6 Å². The number of rotatable bonds is 7. The molecule has 4 rings (SSSR count). The maximum absolute atomic E-state index is 13.2. The van der Waals surface area contributed by atoms with Gasteiger partial charge in [0.25, 0.3) is 0 Å². The molecular formula is C24H23F4N5O3S. The van der Waals surface area contributed by atoms with Crippen molar-refractivity contribution in [3.05, 3.63) is 71.8 Å². The number of sulfonamides is 1. The van der Waals surface area contributed by atoms with Crippen LogP contribution in [-0.2, 0) is 27.5 Å². The maximum Gasteiger partial charge on any atom is 0.433 e. The number of halogens is 4. The monoisotopic (exact) mass is 537 g/mol. The summed E-state index contributed by atoms with van der Waals surface area (Å²) in [5.41, 5.74) is 0.252. The van der Waals surface area contributed by atoms with E-state index in [-0.39, 0.29) is 23.8 Å². The fourth-order valence-electron chi connectivity index (χ4n) is 4.08. The van der Waals surface area contributed by atoms with Crippen molar-refractivity contribution < 1.29 is 30.8 Å². The minimum absolute atomic E-state index is 0.00360. The van der Waals surface area contributed by atoms with E-state index in [9.17, 15) is 30.8 Å². The molecule has 1 fully saturated rings. The summed E-state index contributed by atoms with van der Waals surface area (Å²) in [5.74, 6) is -1.06. The van der Waals surface area contributed by atoms with Gasteiger partial charge in [-0.2, -0.15) is 17.5 Å². The van der Waals surface area contributed by atoms with Gasteiger partial charge in [-0.25, -0.2) is 17.8 Å². The van der Waals surface area contributed by atoms with Crippen LogP contribution in [0.3, 0.4) is 0 Å². The average molecular weight is 538 g/mol. The Bertz CT molecular complexity index is 1400. The molecule has 8 nitrogen and oxygen atoms in total. The fraction of sp³-hybridized carbons (Fsp3) is 0.292. The molecule has 0 aliphatic carbocycles. The van der Waals surface area contributed by atoms with Crippen LogP contribution in [-0.4, -0.2) is 48.2 Å². The predicted molar refractivity (Wildman–Crippen MR) is 127 cm³/mol. The van der Waals surface area contributed by atoms with Gasteiger partial charge in [-0.05, 0) is 66.9 Å². The molecule has 0 saturated carbocycles. The van der Waals surface area contributed by atoms with Gasteiger partial charge in [-0.15, -0.1) is 0 Å². The first kappa shape index (κ1) is 26.5. The van der Waals surface area contributed by atoms with E-state index in [2.05, 4.69) is 20.6 Å². The fourth-order valence-corrected chi connectivity index (χ4v) is 5.74. The van der Waals surface area contributed by atoms with Crippen molar-refractivity contribution in [1.29, 1.82) is 0 Å². The highest BCUT2D eigenvalue weighted by atomic mass is 32.2. The average Bonchev–Trinajstić information content (AvgIpc) is 3.38. The molecule has 3 aromatic rings. The van der Waals surface area contributed by atoms with E-state index in [1.165, 1.54) is 19.3 Å². The van der Waals surface area contributed by atoms with Crippen LogP contribution in [0, 0.1) is 5.82 Å². The number of hydrogen-bond acceptors (Lipinski definition) is 6. The second-order valence-electron chi connectivity index (χ2n) is 8.34. The Morgan fingerprint density at radius 2 is 1.86 bits per heavy atom. The minimum Gasteiger partial charge on any atom is -0.373 e.